The number of rotatable bonds is 5. The molecular weight excluding hydrogens is 422 g/mol. The maximum Gasteiger partial charge on any atom is 0.273 e. The smallest absolute Gasteiger partial charge is 0.273 e. The topological polar surface area (TPSA) is 79.8 Å². The minimum atomic E-state index is -3.54. The first-order valence-electron chi connectivity index (χ1n) is 9.43. The van der Waals surface area contributed by atoms with Crippen molar-refractivity contribution >= 4 is 27.3 Å². The number of amides is 1. The van der Waals surface area contributed by atoms with Gasteiger partial charge in [-0.25, -0.2) is 13.4 Å². The molecule has 4 rings (SSSR count). The highest BCUT2D eigenvalue weighted by Gasteiger charge is 2.31. The molecule has 0 unspecified atom stereocenters. The maximum atomic E-state index is 12.9. The van der Waals surface area contributed by atoms with Gasteiger partial charge in [-0.15, -0.1) is 11.3 Å². The molecule has 0 spiro atoms. The van der Waals surface area contributed by atoms with E-state index >= 15 is 0 Å². The van der Waals surface area contributed by atoms with Gasteiger partial charge in [-0.2, -0.15) is 4.31 Å². The second kappa shape index (κ2) is 8.55. The highest BCUT2D eigenvalue weighted by molar-refractivity contribution is 7.89. The summed E-state index contributed by atoms with van der Waals surface area (Å²) >= 11 is 1.40. The van der Waals surface area contributed by atoms with Gasteiger partial charge in [0.05, 0.1) is 12.0 Å². The molecule has 0 bridgehead atoms. The van der Waals surface area contributed by atoms with E-state index in [2.05, 4.69) is 4.98 Å². The van der Waals surface area contributed by atoms with Crippen LogP contribution < -0.4 is 4.74 Å². The van der Waals surface area contributed by atoms with Crippen LogP contribution in [0.25, 0.3) is 10.6 Å². The van der Waals surface area contributed by atoms with Crippen LogP contribution in [-0.2, 0) is 10.0 Å². The maximum absolute atomic E-state index is 12.9. The van der Waals surface area contributed by atoms with Gasteiger partial charge in [-0.3, -0.25) is 4.79 Å². The Kier molecular flexibility index (Phi) is 5.85. The van der Waals surface area contributed by atoms with Crippen LogP contribution in [-0.4, -0.2) is 61.8 Å². The lowest BCUT2D eigenvalue weighted by molar-refractivity contribution is 0.0693. The van der Waals surface area contributed by atoms with Crippen molar-refractivity contribution in [2.24, 2.45) is 0 Å². The third-order valence-corrected chi connectivity index (χ3v) is 7.77. The molecule has 1 amide bonds. The molecule has 0 aliphatic carbocycles. The molecule has 0 radical (unpaired) electrons. The third-order valence-electron chi connectivity index (χ3n) is 4.97. The van der Waals surface area contributed by atoms with Gasteiger partial charge in [-0.05, 0) is 36.4 Å². The van der Waals surface area contributed by atoms with Crippen molar-refractivity contribution < 1.29 is 17.9 Å². The molecule has 1 aromatic heterocycles. The highest BCUT2D eigenvalue weighted by atomic mass is 32.2. The van der Waals surface area contributed by atoms with E-state index in [1.807, 2.05) is 24.3 Å². The first-order chi connectivity index (χ1) is 14.5. The van der Waals surface area contributed by atoms with Crippen molar-refractivity contribution in [1.29, 1.82) is 0 Å². The van der Waals surface area contributed by atoms with E-state index in [1.54, 1.807) is 47.7 Å². The second-order valence-corrected chi connectivity index (χ2v) is 9.57. The van der Waals surface area contributed by atoms with Crippen LogP contribution in [0.1, 0.15) is 10.5 Å². The molecule has 156 valence electrons. The Labute approximate surface area is 179 Å². The van der Waals surface area contributed by atoms with Gasteiger partial charge in [0.1, 0.15) is 16.5 Å². The second-order valence-electron chi connectivity index (χ2n) is 6.78. The summed E-state index contributed by atoms with van der Waals surface area (Å²) in [5, 5.41) is 2.50. The summed E-state index contributed by atoms with van der Waals surface area (Å²) in [5.41, 5.74) is 1.30. The number of sulfonamides is 1. The van der Waals surface area contributed by atoms with Crippen LogP contribution in [0.2, 0.25) is 0 Å². The predicted molar refractivity (Wildman–Crippen MR) is 115 cm³/mol. The zero-order valence-electron chi connectivity index (χ0n) is 16.4. The standard InChI is InChI=1S/C21H21N3O4S2/c1-28-17-9-7-16(8-10-17)20-22-19(15-29-20)21(25)23-11-13-24(14-12-23)30(26,27)18-5-3-2-4-6-18/h2-10,15H,11-14H2,1H3. The molecule has 1 fully saturated rings. The predicted octanol–water partition coefficient (Wildman–Crippen LogP) is 2.97. The average molecular weight is 444 g/mol. The molecule has 9 heteroatoms. The Hall–Kier alpha value is -2.75. The lowest BCUT2D eigenvalue weighted by Crippen LogP contribution is -2.50. The minimum absolute atomic E-state index is 0.178. The van der Waals surface area contributed by atoms with Gasteiger partial charge in [0, 0.05) is 37.1 Å². The Morgan fingerprint density at radius 3 is 2.30 bits per heavy atom. The number of hydrogen-bond donors (Lipinski definition) is 0. The number of carbonyl (C=O) groups is 1. The molecule has 7 nitrogen and oxygen atoms in total. The molecule has 3 aromatic rings. The fourth-order valence-corrected chi connectivity index (χ4v) is 5.52. The van der Waals surface area contributed by atoms with Gasteiger partial charge < -0.3 is 9.64 Å². The number of carbonyl (C=O) groups excluding carboxylic acids is 1. The summed E-state index contributed by atoms with van der Waals surface area (Å²) in [4.78, 5) is 19.3. The van der Waals surface area contributed by atoms with E-state index in [0.29, 0.717) is 18.8 Å². The Balaban J connectivity index is 1.42. The monoisotopic (exact) mass is 443 g/mol. The zero-order valence-corrected chi connectivity index (χ0v) is 18.0. The lowest BCUT2D eigenvalue weighted by atomic mass is 10.2. The quantitative estimate of drug-likeness (QED) is 0.606. The molecule has 0 saturated carbocycles. The van der Waals surface area contributed by atoms with Crippen molar-refractivity contribution in [2.45, 2.75) is 4.90 Å². The van der Waals surface area contributed by atoms with Crippen molar-refractivity contribution in [3.63, 3.8) is 0 Å². The van der Waals surface area contributed by atoms with E-state index in [4.69, 9.17) is 4.74 Å². The number of methoxy groups -OCH3 is 1. The normalized spacial score (nSPS) is 15.2. The SMILES string of the molecule is COc1ccc(-c2nc(C(=O)N3CCN(S(=O)(=O)c4ccccc4)CC3)cs2)cc1. The molecule has 1 saturated heterocycles. The number of benzene rings is 2. The molecule has 2 heterocycles. The Bertz CT molecular complexity index is 1120. The van der Waals surface area contributed by atoms with Crippen molar-refractivity contribution in [1.82, 2.24) is 14.2 Å². The molecule has 0 N–H and O–H groups in total. The number of piperazine rings is 1. The van der Waals surface area contributed by atoms with Gasteiger partial charge in [0.25, 0.3) is 5.91 Å². The first-order valence-corrected chi connectivity index (χ1v) is 11.8. The van der Waals surface area contributed by atoms with Crippen LogP contribution in [0.5, 0.6) is 5.75 Å². The molecule has 0 atom stereocenters. The number of hydrogen-bond acceptors (Lipinski definition) is 6. The minimum Gasteiger partial charge on any atom is -0.497 e. The van der Waals surface area contributed by atoms with Gasteiger partial charge in [0.2, 0.25) is 10.0 Å². The summed E-state index contributed by atoms with van der Waals surface area (Å²) < 4.78 is 32.1. The molecular formula is C21H21N3O4S2. The van der Waals surface area contributed by atoms with Crippen molar-refractivity contribution in [3.8, 4) is 16.3 Å². The van der Waals surface area contributed by atoms with Crippen molar-refractivity contribution in [2.75, 3.05) is 33.3 Å². The summed E-state index contributed by atoms with van der Waals surface area (Å²) in [6.07, 6.45) is 0. The van der Waals surface area contributed by atoms with Crippen molar-refractivity contribution in [3.05, 3.63) is 65.7 Å². The average Bonchev–Trinajstić information content (AvgIpc) is 3.29. The summed E-state index contributed by atoms with van der Waals surface area (Å²) in [5.74, 6) is 0.581. The molecule has 30 heavy (non-hydrogen) atoms. The van der Waals surface area contributed by atoms with Crippen LogP contribution in [0.3, 0.4) is 0 Å². The van der Waals surface area contributed by atoms with Crippen LogP contribution >= 0.6 is 11.3 Å². The van der Waals surface area contributed by atoms with E-state index in [1.165, 1.54) is 15.6 Å². The zero-order chi connectivity index (χ0) is 21.1. The summed E-state index contributed by atoms with van der Waals surface area (Å²) in [7, 11) is -1.93. The van der Waals surface area contributed by atoms with E-state index in [9.17, 15) is 13.2 Å². The molecule has 1 aliphatic heterocycles. The van der Waals surface area contributed by atoms with Gasteiger partial charge >= 0.3 is 0 Å². The van der Waals surface area contributed by atoms with Gasteiger partial charge in [-0.1, -0.05) is 18.2 Å². The van der Waals surface area contributed by atoms with Crippen LogP contribution in [0.15, 0.2) is 64.9 Å². The van der Waals surface area contributed by atoms with E-state index < -0.39 is 10.0 Å². The first kappa shape index (κ1) is 20.5. The van der Waals surface area contributed by atoms with Crippen LogP contribution in [0, 0.1) is 0 Å². The van der Waals surface area contributed by atoms with E-state index in [0.717, 1.165) is 16.3 Å². The summed E-state index contributed by atoms with van der Waals surface area (Å²) in [6.45, 7) is 1.19. The fraction of sp³-hybridized carbons (Fsp3) is 0.238. The molecule has 2 aromatic carbocycles. The Morgan fingerprint density at radius 2 is 1.67 bits per heavy atom. The number of thiazole rings is 1. The number of aromatic nitrogens is 1. The van der Waals surface area contributed by atoms with Gasteiger partial charge in [0.15, 0.2) is 0 Å². The Morgan fingerprint density at radius 1 is 1.00 bits per heavy atom. The number of nitrogens with zero attached hydrogens (tertiary/aromatic N) is 3. The molecule has 1 aliphatic rings. The highest BCUT2D eigenvalue weighted by Crippen LogP contribution is 2.26. The third kappa shape index (κ3) is 4.09. The summed E-state index contributed by atoms with van der Waals surface area (Å²) in [6, 6.07) is 15.9. The fourth-order valence-electron chi connectivity index (χ4n) is 3.27. The lowest BCUT2D eigenvalue weighted by Gasteiger charge is -2.33. The largest absolute Gasteiger partial charge is 0.497 e. The van der Waals surface area contributed by atoms with Crippen LogP contribution in [0.4, 0.5) is 0 Å². The number of ether oxygens (including phenoxy) is 1. The van der Waals surface area contributed by atoms with E-state index in [-0.39, 0.29) is 23.9 Å².